The third-order valence-electron chi connectivity index (χ3n) is 3.30. The number of rotatable bonds is 4. The van der Waals surface area contributed by atoms with Crippen LogP contribution in [-0.2, 0) is 27.1 Å². The number of ketones is 1. The number of hydrogen-bond acceptors (Lipinski definition) is 3. The Morgan fingerprint density at radius 3 is 1.83 bits per heavy atom. The molecule has 0 bridgehead atoms. The molecule has 2 atom stereocenters. The third-order valence-corrected chi connectivity index (χ3v) is 3.30. The lowest BCUT2D eigenvalue weighted by atomic mass is 10.0. The normalized spacial score (nSPS) is 23.6. The molecular formula is C15H20O3. The number of hydrogen-bond donors (Lipinski definition) is 0. The number of carbonyl (C=O) groups excluding carboxylic acids is 1. The van der Waals surface area contributed by atoms with Gasteiger partial charge in [-0.2, -0.15) is 0 Å². The molecule has 0 saturated heterocycles. The zero-order valence-corrected chi connectivity index (χ0v) is 11.0. The fraction of sp³-hybridized carbons (Fsp3) is 0.533. The van der Waals surface area contributed by atoms with Crippen molar-refractivity contribution in [2.75, 3.05) is 13.2 Å². The molecule has 0 fully saturated rings. The highest BCUT2D eigenvalue weighted by Gasteiger charge is 2.32. The molecule has 1 aliphatic carbocycles. The molecule has 98 valence electrons. The molecule has 0 N–H and O–H groups in total. The lowest BCUT2D eigenvalue weighted by Gasteiger charge is -2.18. The molecule has 2 rings (SSSR count). The Balaban J connectivity index is 2.28. The Morgan fingerprint density at radius 1 is 1.00 bits per heavy atom. The van der Waals surface area contributed by atoms with E-state index >= 15 is 0 Å². The quantitative estimate of drug-likeness (QED) is 0.766. The lowest BCUT2D eigenvalue weighted by Crippen LogP contribution is -2.36. The molecular weight excluding hydrogens is 228 g/mol. The van der Waals surface area contributed by atoms with Gasteiger partial charge in [0.2, 0.25) is 0 Å². The Bertz CT molecular complexity index is 377. The Labute approximate surface area is 108 Å². The van der Waals surface area contributed by atoms with Gasteiger partial charge < -0.3 is 9.47 Å². The van der Waals surface area contributed by atoms with Crippen LogP contribution in [0.3, 0.4) is 0 Å². The molecule has 0 heterocycles. The van der Waals surface area contributed by atoms with E-state index < -0.39 is 0 Å². The number of fused-ring (bicyclic) bond motifs is 1. The van der Waals surface area contributed by atoms with Crippen LogP contribution in [0.15, 0.2) is 24.3 Å². The highest BCUT2D eigenvalue weighted by molar-refractivity contribution is 5.88. The molecule has 0 spiro atoms. The summed E-state index contributed by atoms with van der Waals surface area (Å²) in [6.45, 7) is 4.94. The summed E-state index contributed by atoms with van der Waals surface area (Å²) in [5.74, 6) is 0.0786. The minimum absolute atomic E-state index is 0.0786. The second kappa shape index (κ2) is 6.12. The standard InChI is InChI=1S/C15H20O3/c1-3-17-13-9-11-7-5-6-8-12(11)10-14(15(13)16)18-4-2/h5-8,13-14H,3-4,9-10H2,1-2H3/t13-,14+. The lowest BCUT2D eigenvalue weighted by molar-refractivity contribution is -0.141. The second-order valence-corrected chi connectivity index (χ2v) is 4.47. The first kappa shape index (κ1) is 13.2. The fourth-order valence-electron chi connectivity index (χ4n) is 2.45. The van der Waals surface area contributed by atoms with E-state index in [4.69, 9.17) is 9.47 Å². The second-order valence-electron chi connectivity index (χ2n) is 4.47. The minimum atomic E-state index is -0.366. The van der Waals surface area contributed by atoms with Crippen molar-refractivity contribution in [2.24, 2.45) is 0 Å². The zero-order chi connectivity index (χ0) is 13.0. The molecule has 0 radical (unpaired) electrons. The maximum atomic E-state index is 12.3. The van der Waals surface area contributed by atoms with Gasteiger partial charge in [0, 0.05) is 26.1 Å². The Morgan fingerprint density at radius 2 is 1.44 bits per heavy atom. The molecule has 3 heteroatoms. The minimum Gasteiger partial charge on any atom is -0.370 e. The summed E-state index contributed by atoms with van der Waals surface area (Å²) in [7, 11) is 0. The first-order valence-electron chi connectivity index (χ1n) is 6.60. The van der Waals surface area contributed by atoms with Gasteiger partial charge in [-0.15, -0.1) is 0 Å². The number of benzene rings is 1. The molecule has 0 aromatic heterocycles. The topological polar surface area (TPSA) is 35.5 Å². The third kappa shape index (κ3) is 2.79. The van der Waals surface area contributed by atoms with Crippen LogP contribution in [0, 0.1) is 0 Å². The van der Waals surface area contributed by atoms with Crippen molar-refractivity contribution in [1.82, 2.24) is 0 Å². The van der Waals surface area contributed by atoms with Gasteiger partial charge in [-0.3, -0.25) is 4.79 Å². The highest BCUT2D eigenvalue weighted by Crippen LogP contribution is 2.22. The van der Waals surface area contributed by atoms with Gasteiger partial charge in [-0.25, -0.2) is 0 Å². The van der Waals surface area contributed by atoms with Crippen LogP contribution in [0.5, 0.6) is 0 Å². The van der Waals surface area contributed by atoms with E-state index in [9.17, 15) is 4.79 Å². The summed E-state index contributed by atoms with van der Waals surface area (Å²) < 4.78 is 11.2. The molecule has 0 unspecified atom stereocenters. The van der Waals surface area contributed by atoms with Gasteiger partial charge in [0.25, 0.3) is 0 Å². The summed E-state index contributed by atoms with van der Waals surface area (Å²) in [6, 6.07) is 8.16. The summed E-state index contributed by atoms with van der Waals surface area (Å²) in [4.78, 5) is 12.3. The molecule has 18 heavy (non-hydrogen) atoms. The highest BCUT2D eigenvalue weighted by atomic mass is 16.5. The molecule has 1 aliphatic rings. The Hall–Kier alpha value is -1.19. The molecule has 1 aromatic rings. The predicted octanol–water partition coefficient (Wildman–Crippen LogP) is 2.16. The molecule has 1 aromatic carbocycles. The van der Waals surface area contributed by atoms with Crippen LogP contribution >= 0.6 is 0 Å². The molecule has 3 nitrogen and oxygen atoms in total. The predicted molar refractivity (Wildman–Crippen MR) is 69.7 cm³/mol. The van der Waals surface area contributed by atoms with Crippen molar-refractivity contribution >= 4 is 5.78 Å². The van der Waals surface area contributed by atoms with E-state index in [0.29, 0.717) is 26.1 Å². The van der Waals surface area contributed by atoms with Gasteiger partial charge >= 0.3 is 0 Å². The summed E-state index contributed by atoms with van der Waals surface area (Å²) in [5.41, 5.74) is 2.40. The van der Waals surface area contributed by atoms with Gasteiger partial charge in [0.15, 0.2) is 5.78 Å². The number of ether oxygens (including phenoxy) is 2. The number of Topliss-reactive ketones (excluding diaryl/α,β-unsaturated/α-hetero) is 1. The van der Waals surface area contributed by atoms with Crippen LogP contribution in [0.25, 0.3) is 0 Å². The van der Waals surface area contributed by atoms with Crippen LogP contribution in [0.1, 0.15) is 25.0 Å². The van der Waals surface area contributed by atoms with Crippen LogP contribution in [0.2, 0.25) is 0 Å². The SMILES string of the molecule is CCO[C@H]1Cc2ccccc2C[C@@H](OCC)C1=O. The first-order chi connectivity index (χ1) is 8.76. The van der Waals surface area contributed by atoms with Crippen molar-refractivity contribution in [3.63, 3.8) is 0 Å². The van der Waals surface area contributed by atoms with Crippen molar-refractivity contribution < 1.29 is 14.3 Å². The van der Waals surface area contributed by atoms with Gasteiger partial charge in [0.05, 0.1) is 0 Å². The molecule has 0 amide bonds. The summed E-state index contributed by atoms with van der Waals surface area (Å²) in [6.07, 6.45) is 0.587. The fourth-order valence-corrected chi connectivity index (χ4v) is 2.45. The average molecular weight is 248 g/mol. The largest absolute Gasteiger partial charge is 0.370 e. The van der Waals surface area contributed by atoms with Crippen LogP contribution < -0.4 is 0 Å². The molecule has 0 saturated carbocycles. The van der Waals surface area contributed by atoms with E-state index in [-0.39, 0.29) is 18.0 Å². The van der Waals surface area contributed by atoms with E-state index in [0.717, 1.165) is 0 Å². The maximum absolute atomic E-state index is 12.3. The maximum Gasteiger partial charge on any atom is 0.190 e. The molecule has 0 aliphatic heterocycles. The van der Waals surface area contributed by atoms with E-state index in [1.54, 1.807) is 0 Å². The van der Waals surface area contributed by atoms with Crippen LogP contribution in [-0.4, -0.2) is 31.2 Å². The summed E-state index contributed by atoms with van der Waals surface area (Å²) in [5, 5.41) is 0. The van der Waals surface area contributed by atoms with Gasteiger partial charge in [-0.1, -0.05) is 24.3 Å². The van der Waals surface area contributed by atoms with E-state index in [1.165, 1.54) is 11.1 Å². The first-order valence-corrected chi connectivity index (χ1v) is 6.60. The Kier molecular flexibility index (Phi) is 4.50. The van der Waals surface area contributed by atoms with Crippen molar-refractivity contribution in [3.05, 3.63) is 35.4 Å². The van der Waals surface area contributed by atoms with Gasteiger partial charge in [0.1, 0.15) is 12.2 Å². The average Bonchev–Trinajstić information content (AvgIpc) is 2.50. The van der Waals surface area contributed by atoms with E-state index in [2.05, 4.69) is 12.1 Å². The zero-order valence-electron chi connectivity index (χ0n) is 11.0. The van der Waals surface area contributed by atoms with E-state index in [1.807, 2.05) is 26.0 Å². The summed E-state index contributed by atoms with van der Waals surface area (Å²) >= 11 is 0. The van der Waals surface area contributed by atoms with Crippen molar-refractivity contribution in [2.45, 2.75) is 38.9 Å². The van der Waals surface area contributed by atoms with Gasteiger partial charge in [-0.05, 0) is 25.0 Å². The van der Waals surface area contributed by atoms with Crippen molar-refractivity contribution in [3.8, 4) is 0 Å². The number of carbonyl (C=O) groups is 1. The van der Waals surface area contributed by atoms with Crippen LogP contribution in [0.4, 0.5) is 0 Å². The monoisotopic (exact) mass is 248 g/mol. The van der Waals surface area contributed by atoms with Crippen molar-refractivity contribution in [1.29, 1.82) is 0 Å². The smallest absolute Gasteiger partial charge is 0.190 e.